The highest BCUT2D eigenvalue weighted by molar-refractivity contribution is 6.74. The second kappa shape index (κ2) is 17.3. The Bertz CT molecular complexity index is 2460. The van der Waals surface area contributed by atoms with E-state index in [4.69, 9.17) is 33.3 Å². The van der Waals surface area contributed by atoms with Gasteiger partial charge in [0, 0.05) is 62.4 Å². The van der Waals surface area contributed by atoms with Gasteiger partial charge >= 0.3 is 0 Å². The van der Waals surface area contributed by atoms with Crippen molar-refractivity contribution in [3.05, 3.63) is 84.7 Å². The van der Waals surface area contributed by atoms with Crippen molar-refractivity contribution in [2.45, 2.75) is 77.3 Å². The molecule has 17 heteroatoms. The Labute approximate surface area is 356 Å². The van der Waals surface area contributed by atoms with E-state index < -0.39 is 20.6 Å². The number of aliphatic hydroxyl groups is 1. The molecule has 2 saturated heterocycles. The van der Waals surface area contributed by atoms with Gasteiger partial charge in [-0.05, 0) is 63.4 Å². The first-order chi connectivity index (χ1) is 29.2. The molecule has 5 heterocycles. The van der Waals surface area contributed by atoms with E-state index >= 15 is 0 Å². The number of anilines is 4. The number of piperazine rings is 1. The number of aromatic nitrogens is 6. The lowest BCUT2D eigenvalue weighted by atomic mass is 10.1. The van der Waals surface area contributed by atoms with E-state index in [0.29, 0.717) is 46.3 Å². The van der Waals surface area contributed by atoms with E-state index in [1.165, 1.54) is 6.92 Å². The molecule has 61 heavy (non-hydrogen) atoms. The number of likely N-dealkylation sites (N-methyl/N-ethyl adjacent to an activating group) is 1. The minimum Gasteiger partial charge on any atom is -0.560 e. The molecule has 3 atom stereocenters. The highest BCUT2D eigenvalue weighted by Crippen LogP contribution is 2.42. The Morgan fingerprint density at radius 3 is 2.33 bits per heavy atom. The number of nitrogens with one attached hydrogen (secondary N) is 2. The standard InChI is InChI=1S/C44H54N10O6Si/c1-28(56)46-33-18-15-31(41-51-50-40(59-41)30-13-16-32(17-14-30)53-21-19-52(5)20-22-53)23-34(33)47-43-48-39-38(42(49-43)57-26-29-11-9-8-10-12-29)45-27-54(39)37-24-35(36(25-55)58-37)60-61(6,7)44(2,3)4/h8-18,23,27,35-37,55H,19-22,24-26H2,1-7H3,(H,46,56)(H,47,48,49)/q-1. The van der Waals surface area contributed by atoms with Gasteiger partial charge in [-0.15, -0.1) is 28.3 Å². The topological polar surface area (TPSA) is 178 Å². The zero-order valence-corrected chi connectivity index (χ0v) is 36.8. The largest absolute Gasteiger partial charge is 0.560 e. The smallest absolute Gasteiger partial charge is 0.248 e. The fourth-order valence-corrected chi connectivity index (χ4v) is 8.59. The first-order valence-electron chi connectivity index (χ1n) is 20.7. The van der Waals surface area contributed by atoms with Gasteiger partial charge in [0.1, 0.15) is 18.9 Å². The molecule has 0 saturated carbocycles. The van der Waals surface area contributed by atoms with Crippen LogP contribution < -0.4 is 20.3 Å². The zero-order valence-electron chi connectivity index (χ0n) is 35.8. The number of fused-ring (bicyclic) bond motifs is 1. The van der Waals surface area contributed by atoms with Crippen molar-refractivity contribution in [3.63, 3.8) is 0 Å². The Morgan fingerprint density at radius 2 is 1.64 bits per heavy atom. The van der Waals surface area contributed by atoms with E-state index in [2.05, 4.69) is 83.7 Å². The van der Waals surface area contributed by atoms with Crippen LogP contribution in [0.15, 0.2) is 83.5 Å². The average molecular weight is 847 g/mol. The van der Waals surface area contributed by atoms with E-state index in [0.717, 1.165) is 43.0 Å². The predicted molar refractivity (Wildman–Crippen MR) is 236 cm³/mol. The monoisotopic (exact) mass is 846 g/mol. The SMILES string of the molecule is CC(=O)Nc1ccc(-c2nnc(-c3ccc(N4CCN(C)CC4)cc3)o2)cc1Nc1nc(OCc2ccccc2)c2ncn(C3CC(O[Si-](C)(C)C(C)(C)C)C(CO)O3)c2n1. The molecule has 3 N–H and O–H groups in total. The van der Waals surface area contributed by atoms with Crippen LogP contribution in [-0.4, -0.2) is 106 Å². The lowest BCUT2D eigenvalue weighted by molar-refractivity contribution is -0.114. The number of carbonyl (C=O) groups is 1. The summed E-state index contributed by atoms with van der Waals surface area (Å²) in [5.74, 6) is 0.848. The third kappa shape index (κ3) is 9.30. The second-order valence-corrected chi connectivity index (χ2v) is 22.0. The molecule has 0 bridgehead atoms. The third-order valence-corrected chi connectivity index (χ3v) is 16.3. The van der Waals surface area contributed by atoms with Gasteiger partial charge in [0.15, 0.2) is 11.2 Å². The minimum absolute atomic E-state index is 0.0261. The van der Waals surface area contributed by atoms with Crippen molar-refractivity contribution in [2.75, 3.05) is 55.4 Å². The van der Waals surface area contributed by atoms with Crippen molar-refractivity contribution in [1.82, 2.24) is 34.6 Å². The van der Waals surface area contributed by atoms with E-state index in [1.54, 1.807) is 24.5 Å². The van der Waals surface area contributed by atoms with Crippen LogP contribution in [0.25, 0.3) is 34.1 Å². The molecule has 2 aliphatic rings. The first-order valence-corrected chi connectivity index (χ1v) is 23.6. The molecule has 16 nitrogen and oxygen atoms in total. The number of rotatable bonds is 13. The summed E-state index contributed by atoms with van der Waals surface area (Å²) in [6.07, 6.45) is 0.755. The number of hydrogen-bond donors (Lipinski definition) is 3. The molecule has 321 valence electrons. The van der Waals surface area contributed by atoms with Crippen LogP contribution in [0.2, 0.25) is 18.1 Å². The van der Waals surface area contributed by atoms with Gasteiger partial charge in [-0.2, -0.15) is 9.97 Å². The van der Waals surface area contributed by atoms with Gasteiger partial charge in [-0.25, -0.2) is 4.98 Å². The average Bonchev–Trinajstić information content (AvgIpc) is 4.00. The van der Waals surface area contributed by atoms with Crippen molar-refractivity contribution in [3.8, 4) is 28.8 Å². The van der Waals surface area contributed by atoms with Gasteiger partial charge < -0.3 is 43.9 Å². The number of ether oxygens (including phenoxy) is 2. The maximum absolute atomic E-state index is 12.4. The highest BCUT2D eigenvalue weighted by Gasteiger charge is 2.39. The summed E-state index contributed by atoms with van der Waals surface area (Å²) >= 11 is 0. The van der Waals surface area contributed by atoms with E-state index in [-0.39, 0.29) is 42.1 Å². The molecule has 0 aliphatic carbocycles. The van der Waals surface area contributed by atoms with Gasteiger partial charge in [-0.3, -0.25) is 9.36 Å². The van der Waals surface area contributed by atoms with Crippen LogP contribution in [0.3, 0.4) is 0 Å². The fraction of sp³-hybridized carbons (Fsp3) is 0.409. The van der Waals surface area contributed by atoms with Crippen LogP contribution in [-0.2, 0) is 20.6 Å². The Balaban J connectivity index is 1.11. The number of amides is 1. The van der Waals surface area contributed by atoms with Crippen LogP contribution in [0.5, 0.6) is 5.88 Å². The molecular formula is C44H54N10O6Si-. The third-order valence-electron chi connectivity index (χ3n) is 11.8. The van der Waals surface area contributed by atoms with Crippen LogP contribution >= 0.6 is 0 Å². The molecule has 3 aromatic carbocycles. The number of nitrogens with zero attached hydrogens (tertiary/aromatic N) is 8. The summed E-state index contributed by atoms with van der Waals surface area (Å²) in [6, 6.07) is 23.3. The van der Waals surface area contributed by atoms with Crippen molar-refractivity contribution >= 4 is 48.4 Å². The lowest BCUT2D eigenvalue weighted by Crippen LogP contribution is -2.46. The summed E-state index contributed by atoms with van der Waals surface area (Å²) in [5, 5.41) is 25.3. The summed E-state index contributed by atoms with van der Waals surface area (Å²) in [5.41, 5.74) is 5.36. The number of hydrogen-bond acceptors (Lipinski definition) is 14. The van der Waals surface area contributed by atoms with Gasteiger partial charge in [0.05, 0.1) is 24.3 Å². The van der Waals surface area contributed by atoms with Crippen LogP contribution in [0, 0.1) is 0 Å². The zero-order chi connectivity index (χ0) is 42.9. The molecular weight excluding hydrogens is 793 g/mol. The Morgan fingerprint density at radius 1 is 0.934 bits per heavy atom. The number of benzene rings is 3. The number of aliphatic hydroxyl groups excluding tert-OH is 1. The van der Waals surface area contributed by atoms with Gasteiger partial charge in [-0.1, -0.05) is 51.1 Å². The molecule has 8 rings (SSSR count). The number of carbonyl (C=O) groups excluding carboxylic acids is 1. The Hall–Kier alpha value is -5.72. The van der Waals surface area contributed by atoms with Crippen molar-refractivity contribution < 1.29 is 28.2 Å². The summed E-state index contributed by atoms with van der Waals surface area (Å²) in [6.45, 7) is 16.4. The van der Waals surface area contributed by atoms with E-state index in [9.17, 15) is 9.90 Å². The first kappa shape index (κ1) is 42.0. The summed E-state index contributed by atoms with van der Waals surface area (Å²) < 4.78 is 27.6. The molecule has 3 aromatic heterocycles. The maximum Gasteiger partial charge on any atom is 0.248 e. The summed E-state index contributed by atoms with van der Waals surface area (Å²) in [4.78, 5) is 31.6. The molecule has 6 aromatic rings. The fourth-order valence-electron chi connectivity index (χ4n) is 7.23. The quantitative estimate of drug-likeness (QED) is 0.0991. The highest BCUT2D eigenvalue weighted by atomic mass is 28.4. The van der Waals surface area contributed by atoms with Gasteiger partial charge in [0.2, 0.25) is 29.5 Å². The Kier molecular flexibility index (Phi) is 11.9. The van der Waals surface area contributed by atoms with E-state index in [1.807, 2.05) is 47.0 Å². The molecule has 0 spiro atoms. The van der Waals surface area contributed by atoms with Crippen LogP contribution in [0.1, 0.15) is 45.9 Å². The summed E-state index contributed by atoms with van der Waals surface area (Å²) in [7, 11) is -0.0485. The molecule has 1 amide bonds. The minimum atomic E-state index is -2.19. The van der Waals surface area contributed by atoms with Crippen LogP contribution in [0.4, 0.5) is 23.0 Å². The molecule has 2 aliphatic heterocycles. The predicted octanol–water partition coefficient (Wildman–Crippen LogP) is 7.25. The maximum atomic E-state index is 12.4. The molecule has 2 fully saturated rings. The van der Waals surface area contributed by atoms with Crippen molar-refractivity contribution in [1.29, 1.82) is 0 Å². The normalized spacial score (nSPS) is 18.8. The molecule has 0 radical (unpaired) electrons. The number of imidazole rings is 1. The van der Waals surface area contributed by atoms with Crippen molar-refractivity contribution in [2.24, 2.45) is 0 Å². The molecule has 3 unspecified atom stereocenters. The lowest BCUT2D eigenvalue weighted by Gasteiger charge is -2.50. The second-order valence-electron chi connectivity index (χ2n) is 17.2. The van der Waals surface area contributed by atoms with Gasteiger partial charge in [0.25, 0.3) is 0 Å².